The molecule has 0 aliphatic carbocycles. The van der Waals surface area contributed by atoms with Gasteiger partial charge in [-0.15, -0.1) is 0 Å². The predicted octanol–water partition coefficient (Wildman–Crippen LogP) is 0.211. The fourth-order valence-electron chi connectivity index (χ4n) is 1.40. The summed E-state index contributed by atoms with van der Waals surface area (Å²) < 4.78 is 5.00. The van der Waals surface area contributed by atoms with E-state index >= 15 is 0 Å². The standard InChI is InChI=1S/C11H19N5O2/c1-7(11(17)13-3)14-9-5-8(12-2)15-10(16-9)6-18-4/h5,7H,6H2,1-4H3,(H,13,17)(H2,12,14,15,16). The zero-order valence-electron chi connectivity index (χ0n) is 11.1. The van der Waals surface area contributed by atoms with Crippen LogP contribution in [0.3, 0.4) is 0 Å². The molecule has 1 atom stereocenters. The van der Waals surface area contributed by atoms with Crippen LogP contribution in [-0.4, -0.2) is 43.1 Å². The first-order valence-corrected chi connectivity index (χ1v) is 5.63. The Morgan fingerprint density at radius 2 is 2.06 bits per heavy atom. The van der Waals surface area contributed by atoms with Crippen molar-refractivity contribution in [3.63, 3.8) is 0 Å². The molecule has 0 saturated carbocycles. The Balaban J connectivity index is 2.86. The first-order chi connectivity index (χ1) is 8.60. The third-order valence-corrected chi connectivity index (χ3v) is 2.31. The van der Waals surface area contributed by atoms with Gasteiger partial charge in [0.05, 0.1) is 0 Å². The molecule has 1 aromatic heterocycles. The van der Waals surface area contributed by atoms with Crippen molar-refractivity contribution in [3.8, 4) is 0 Å². The third-order valence-electron chi connectivity index (χ3n) is 2.31. The van der Waals surface area contributed by atoms with Crippen molar-refractivity contribution < 1.29 is 9.53 Å². The van der Waals surface area contributed by atoms with Crippen LogP contribution in [-0.2, 0) is 16.1 Å². The summed E-state index contributed by atoms with van der Waals surface area (Å²) in [7, 11) is 4.94. The summed E-state index contributed by atoms with van der Waals surface area (Å²) in [5.74, 6) is 1.70. The molecule has 0 aliphatic heterocycles. The lowest BCUT2D eigenvalue weighted by Crippen LogP contribution is -2.35. The van der Waals surface area contributed by atoms with Crippen molar-refractivity contribution in [2.45, 2.75) is 19.6 Å². The molecule has 1 unspecified atom stereocenters. The van der Waals surface area contributed by atoms with Crippen LogP contribution in [0, 0.1) is 0 Å². The van der Waals surface area contributed by atoms with E-state index in [-0.39, 0.29) is 11.9 Å². The first-order valence-electron chi connectivity index (χ1n) is 5.63. The van der Waals surface area contributed by atoms with E-state index in [1.165, 1.54) is 0 Å². The van der Waals surface area contributed by atoms with Crippen molar-refractivity contribution >= 4 is 17.5 Å². The monoisotopic (exact) mass is 253 g/mol. The molecule has 1 heterocycles. The largest absolute Gasteiger partial charge is 0.377 e. The minimum absolute atomic E-state index is 0.104. The normalized spacial score (nSPS) is 11.8. The highest BCUT2D eigenvalue weighted by molar-refractivity contribution is 5.83. The van der Waals surface area contributed by atoms with Crippen molar-refractivity contribution in [1.29, 1.82) is 0 Å². The molecular formula is C11H19N5O2. The highest BCUT2D eigenvalue weighted by atomic mass is 16.5. The van der Waals surface area contributed by atoms with Gasteiger partial charge in [-0.25, -0.2) is 9.97 Å². The van der Waals surface area contributed by atoms with Crippen LogP contribution in [0.25, 0.3) is 0 Å². The SMILES string of the molecule is CNC(=O)C(C)Nc1cc(NC)nc(COC)n1. The van der Waals surface area contributed by atoms with E-state index in [2.05, 4.69) is 25.9 Å². The number of hydrogen-bond donors (Lipinski definition) is 3. The molecule has 1 amide bonds. The van der Waals surface area contributed by atoms with Gasteiger partial charge < -0.3 is 20.7 Å². The summed E-state index contributed by atoms with van der Waals surface area (Å²) >= 11 is 0. The lowest BCUT2D eigenvalue weighted by atomic mass is 10.3. The van der Waals surface area contributed by atoms with Gasteiger partial charge in [0, 0.05) is 27.3 Å². The van der Waals surface area contributed by atoms with Gasteiger partial charge in [0.15, 0.2) is 5.82 Å². The van der Waals surface area contributed by atoms with Crippen LogP contribution in [0.15, 0.2) is 6.07 Å². The number of nitrogens with one attached hydrogen (secondary N) is 3. The van der Waals surface area contributed by atoms with Crippen LogP contribution >= 0.6 is 0 Å². The highest BCUT2D eigenvalue weighted by Gasteiger charge is 2.12. The number of rotatable bonds is 6. The molecular weight excluding hydrogens is 234 g/mol. The van der Waals surface area contributed by atoms with E-state index in [4.69, 9.17) is 4.74 Å². The Labute approximate surface area is 106 Å². The second-order valence-corrected chi connectivity index (χ2v) is 3.72. The van der Waals surface area contributed by atoms with E-state index in [1.807, 2.05) is 0 Å². The number of carbonyl (C=O) groups is 1. The number of hydrogen-bond acceptors (Lipinski definition) is 6. The maximum absolute atomic E-state index is 11.4. The minimum atomic E-state index is -0.370. The van der Waals surface area contributed by atoms with Crippen LogP contribution in [0.4, 0.5) is 11.6 Å². The fourth-order valence-corrected chi connectivity index (χ4v) is 1.40. The number of amides is 1. The molecule has 0 aliphatic rings. The molecule has 7 nitrogen and oxygen atoms in total. The summed E-state index contributed by atoms with van der Waals surface area (Å²) in [5, 5.41) is 8.51. The first kappa shape index (κ1) is 14.2. The Kier molecular flexibility index (Phi) is 5.31. The van der Waals surface area contributed by atoms with Gasteiger partial charge in [-0.1, -0.05) is 0 Å². The van der Waals surface area contributed by atoms with Crippen LogP contribution < -0.4 is 16.0 Å². The molecule has 7 heteroatoms. The van der Waals surface area contributed by atoms with Gasteiger partial charge >= 0.3 is 0 Å². The number of ether oxygens (including phenoxy) is 1. The number of nitrogens with zero attached hydrogens (tertiary/aromatic N) is 2. The van der Waals surface area contributed by atoms with Gasteiger partial charge in [0.1, 0.15) is 24.3 Å². The Hall–Kier alpha value is -1.89. The second-order valence-electron chi connectivity index (χ2n) is 3.72. The third kappa shape index (κ3) is 3.85. The summed E-state index contributed by atoms with van der Waals surface area (Å²) in [4.78, 5) is 19.9. The van der Waals surface area contributed by atoms with Crippen LogP contribution in [0.1, 0.15) is 12.7 Å². The van der Waals surface area contributed by atoms with E-state index in [9.17, 15) is 4.79 Å². The van der Waals surface area contributed by atoms with Gasteiger partial charge in [0.2, 0.25) is 5.91 Å². The van der Waals surface area contributed by atoms with Gasteiger partial charge in [0.25, 0.3) is 0 Å². The molecule has 0 aromatic carbocycles. The molecule has 1 aromatic rings. The minimum Gasteiger partial charge on any atom is -0.377 e. The summed E-state index contributed by atoms with van der Waals surface area (Å²) in [6.07, 6.45) is 0. The van der Waals surface area contributed by atoms with Gasteiger partial charge in [-0.05, 0) is 6.92 Å². The Bertz CT molecular complexity index is 410. The molecule has 3 N–H and O–H groups in total. The topological polar surface area (TPSA) is 88.2 Å². The number of anilines is 2. The van der Waals surface area contributed by atoms with Crippen molar-refractivity contribution in [2.24, 2.45) is 0 Å². The predicted molar refractivity (Wildman–Crippen MR) is 69.4 cm³/mol. The molecule has 0 spiro atoms. The maximum atomic E-state index is 11.4. The Morgan fingerprint density at radius 1 is 1.39 bits per heavy atom. The zero-order valence-corrected chi connectivity index (χ0v) is 11.1. The Morgan fingerprint density at radius 3 is 2.61 bits per heavy atom. The van der Waals surface area contributed by atoms with Gasteiger partial charge in [-0.2, -0.15) is 0 Å². The smallest absolute Gasteiger partial charge is 0.241 e. The highest BCUT2D eigenvalue weighted by Crippen LogP contribution is 2.12. The average molecular weight is 253 g/mol. The molecule has 18 heavy (non-hydrogen) atoms. The fraction of sp³-hybridized carbons (Fsp3) is 0.545. The quantitative estimate of drug-likeness (QED) is 0.672. The molecule has 0 fully saturated rings. The maximum Gasteiger partial charge on any atom is 0.241 e. The molecule has 0 bridgehead atoms. The van der Waals surface area contributed by atoms with E-state index < -0.39 is 0 Å². The number of aromatic nitrogens is 2. The lowest BCUT2D eigenvalue weighted by molar-refractivity contribution is -0.121. The number of methoxy groups -OCH3 is 1. The number of carbonyl (C=O) groups excluding carboxylic acids is 1. The van der Waals surface area contributed by atoms with E-state index in [1.54, 1.807) is 34.2 Å². The van der Waals surface area contributed by atoms with E-state index in [0.717, 1.165) is 0 Å². The molecule has 1 rings (SSSR count). The van der Waals surface area contributed by atoms with E-state index in [0.29, 0.717) is 24.1 Å². The van der Waals surface area contributed by atoms with Crippen molar-refractivity contribution in [2.75, 3.05) is 31.8 Å². The van der Waals surface area contributed by atoms with Crippen molar-refractivity contribution in [1.82, 2.24) is 15.3 Å². The number of likely N-dealkylation sites (N-methyl/N-ethyl adjacent to an activating group) is 1. The van der Waals surface area contributed by atoms with Crippen molar-refractivity contribution in [3.05, 3.63) is 11.9 Å². The molecule has 0 radical (unpaired) electrons. The van der Waals surface area contributed by atoms with Crippen LogP contribution in [0.5, 0.6) is 0 Å². The summed E-state index contributed by atoms with van der Waals surface area (Å²) in [6.45, 7) is 2.08. The lowest BCUT2D eigenvalue weighted by Gasteiger charge is -2.14. The second kappa shape index (κ2) is 6.75. The molecule has 100 valence electrons. The summed E-state index contributed by atoms with van der Waals surface area (Å²) in [6, 6.07) is 1.36. The zero-order chi connectivity index (χ0) is 13.5. The summed E-state index contributed by atoms with van der Waals surface area (Å²) in [5.41, 5.74) is 0. The molecule has 0 saturated heterocycles. The van der Waals surface area contributed by atoms with Gasteiger partial charge in [-0.3, -0.25) is 4.79 Å². The average Bonchev–Trinajstić information content (AvgIpc) is 2.37. The van der Waals surface area contributed by atoms with Crippen LogP contribution in [0.2, 0.25) is 0 Å².